The third-order valence-electron chi connectivity index (χ3n) is 5.26. The van der Waals surface area contributed by atoms with Crippen molar-refractivity contribution in [2.45, 2.75) is 65.0 Å². The number of piperidine rings is 1. The number of aromatic nitrogens is 4. The average molecular weight is 385 g/mol. The minimum absolute atomic E-state index is 0.0345. The van der Waals surface area contributed by atoms with Crippen LogP contribution in [0.25, 0.3) is 0 Å². The van der Waals surface area contributed by atoms with Gasteiger partial charge in [-0.1, -0.05) is 27.2 Å². The second kappa shape index (κ2) is 8.82. The average Bonchev–Trinajstić information content (AvgIpc) is 2.66. The second-order valence-corrected chi connectivity index (χ2v) is 8.68. The van der Waals surface area contributed by atoms with Crippen molar-refractivity contribution in [3.05, 3.63) is 46.1 Å². The van der Waals surface area contributed by atoms with Crippen LogP contribution in [-0.2, 0) is 12.0 Å². The Morgan fingerprint density at radius 3 is 2.61 bits per heavy atom. The molecule has 0 aromatic carbocycles. The molecule has 7 nitrogen and oxygen atoms in total. The minimum atomic E-state index is -0.0684. The lowest BCUT2D eigenvalue weighted by Gasteiger charge is -2.35. The summed E-state index contributed by atoms with van der Waals surface area (Å²) in [7, 11) is 0. The summed E-state index contributed by atoms with van der Waals surface area (Å²) in [4.78, 5) is 23.4. The molecular weight excluding hydrogens is 352 g/mol. The van der Waals surface area contributed by atoms with Crippen molar-refractivity contribution in [1.82, 2.24) is 24.6 Å². The van der Waals surface area contributed by atoms with Gasteiger partial charge in [0.1, 0.15) is 0 Å². The van der Waals surface area contributed by atoms with E-state index in [-0.39, 0.29) is 11.0 Å². The summed E-state index contributed by atoms with van der Waals surface area (Å²) in [6.07, 6.45) is 7.23. The molecule has 2 aromatic heterocycles. The molecule has 0 radical (unpaired) electrons. The van der Waals surface area contributed by atoms with Crippen molar-refractivity contribution in [3.8, 4) is 0 Å². The Bertz CT molecular complexity index is 824. The molecule has 28 heavy (non-hydrogen) atoms. The molecule has 1 saturated heterocycles. The van der Waals surface area contributed by atoms with Gasteiger partial charge in [-0.25, -0.2) is 14.6 Å². The molecule has 0 saturated carbocycles. The van der Waals surface area contributed by atoms with Crippen LogP contribution in [0.3, 0.4) is 0 Å². The molecule has 1 aliphatic rings. The Balaban J connectivity index is 1.62. The van der Waals surface area contributed by atoms with Crippen molar-refractivity contribution in [2.24, 2.45) is 0 Å². The van der Waals surface area contributed by atoms with Gasteiger partial charge < -0.3 is 5.32 Å². The normalized spacial score (nSPS) is 18.2. The van der Waals surface area contributed by atoms with E-state index >= 15 is 0 Å². The molecule has 1 N–H and O–H groups in total. The van der Waals surface area contributed by atoms with E-state index in [1.54, 1.807) is 10.7 Å². The Morgan fingerprint density at radius 1 is 1.14 bits per heavy atom. The fraction of sp³-hybridized carbons (Fsp3) is 0.619. The summed E-state index contributed by atoms with van der Waals surface area (Å²) in [5.74, 6) is 0.673. The van der Waals surface area contributed by atoms with Gasteiger partial charge in [-0.05, 0) is 37.9 Å². The first kappa shape index (κ1) is 20.5. The van der Waals surface area contributed by atoms with Crippen molar-refractivity contribution < 1.29 is 0 Å². The Kier molecular flexibility index (Phi) is 6.44. The molecule has 0 amide bonds. The smallest absolute Gasteiger partial charge is 0.266 e. The SMILES string of the molecule is Cc1cnc(NCC2CCCCN2CCn2nc(C(C)(C)C)ccc2=O)nc1. The molecule has 0 aliphatic carbocycles. The van der Waals surface area contributed by atoms with E-state index in [4.69, 9.17) is 0 Å². The maximum Gasteiger partial charge on any atom is 0.266 e. The van der Waals surface area contributed by atoms with E-state index in [2.05, 4.69) is 46.1 Å². The summed E-state index contributed by atoms with van der Waals surface area (Å²) < 4.78 is 1.61. The van der Waals surface area contributed by atoms with Gasteiger partial charge in [0, 0.05) is 43.0 Å². The molecule has 1 aliphatic heterocycles. The molecule has 2 aromatic rings. The van der Waals surface area contributed by atoms with Crippen LogP contribution < -0.4 is 10.9 Å². The van der Waals surface area contributed by atoms with Gasteiger partial charge in [-0.3, -0.25) is 9.69 Å². The molecule has 1 unspecified atom stereocenters. The van der Waals surface area contributed by atoms with Gasteiger partial charge in [0.15, 0.2) is 0 Å². The van der Waals surface area contributed by atoms with E-state index < -0.39 is 0 Å². The lowest BCUT2D eigenvalue weighted by atomic mass is 9.92. The van der Waals surface area contributed by atoms with Crippen LogP contribution in [-0.4, -0.2) is 50.3 Å². The third kappa shape index (κ3) is 5.38. The van der Waals surface area contributed by atoms with Crippen molar-refractivity contribution >= 4 is 5.95 Å². The van der Waals surface area contributed by atoms with Crippen molar-refractivity contribution in [3.63, 3.8) is 0 Å². The Hall–Kier alpha value is -2.28. The van der Waals surface area contributed by atoms with Gasteiger partial charge in [-0.15, -0.1) is 0 Å². The summed E-state index contributed by atoms with van der Waals surface area (Å²) in [6, 6.07) is 3.89. The molecule has 3 rings (SSSR count). The number of aryl methyl sites for hydroxylation is 1. The molecule has 0 spiro atoms. The van der Waals surface area contributed by atoms with Crippen LogP contribution in [0.15, 0.2) is 29.3 Å². The lowest BCUT2D eigenvalue weighted by molar-refractivity contribution is 0.147. The summed E-state index contributed by atoms with van der Waals surface area (Å²) in [5, 5.41) is 7.96. The summed E-state index contributed by atoms with van der Waals surface area (Å²) in [6.45, 7) is 11.6. The molecule has 1 atom stereocenters. The van der Waals surface area contributed by atoms with Gasteiger partial charge >= 0.3 is 0 Å². The molecule has 152 valence electrons. The molecule has 3 heterocycles. The zero-order valence-electron chi connectivity index (χ0n) is 17.5. The molecule has 1 fully saturated rings. The first-order chi connectivity index (χ1) is 13.3. The van der Waals surface area contributed by atoms with Crippen LogP contribution in [0.4, 0.5) is 5.95 Å². The number of anilines is 1. The minimum Gasteiger partial charge on any atom is -0.353 e. The van der Waals surface area contributed by atoms with Crippen molar-refractivity contribution in [2.75, 3.05) is 25.0 Å². The highest BCUT2D eigenvalue weighted by Gasteiger charge is 2.23. The van der Waals surface area contributed by atoms with Crippen LogP contribution in [0.2, 0.25) is 0 Å². The second-order valence-electron chi connectivity index (χ2n) is 8.68. The molecule has 0 bridgehead atoms. The van der Waals surface area contributed by atoms with E-state index in [9.17, 15) is 4.79 Å². The standard InChI is InChI=1S/C21H32N6O/c1-16-13-22-20(23-14-16)24-15-17-7-5-6-10-26(17)11-12-27-19(28)9-8-18(25-27)21(2,3)4/h8-9,13-14,17H,5-7,10-12,15H2,1-4H3,(H,22,23,24). The number of rotatable bonds is 6. The van der Waals surface area contributed by atoms with E-state index in [1.165, 1.54) is 12.8 Å². The number of nitrogens with zero attached hydrogens (tertiary/aromatic N) is 5. The van der Waals surface area contributed by atoms with E-state index in [0.29, 0.717) is 18.5 Å². The zero-order chi connectivity index (χ0) is 20.1. The maximum atomic E-state index is 12.2. The number of hydrogen-bond donors (Lipinski definition) is 1. The first-order valence-electron chi connectivity index (χ1n) is 10.2. The van der Waals surface area contributed by atoms with Gasteiger partial charge in [0.25, 0.3) is 5.56 Å². The van der Waals surface area contributed by atoms with E-state index in [1.807, 2.05) is 25.4 Å². The number of likely N-dealkylation sites (tertiary alicyclic amines) is 1. The molecular formula is C21H32N6O. The van der Waals surface area contributed by atoms with Crippen LogP contribution in [0, 0.1) is 6.92 Å². The fourth-order valence-corrected chi connectivity index (χ4v) is 3.51. The van der Waals surface area contributed by atoms with Gasteiger partial charge in [0.2, 0.25) is 5.95 Å². The van der Waals surface area contributed by atoms with Crippen molar-refractivity contribution in [1.29, 1.82) is 0 Å². The Morgan fingerprint density at radius 2 is 1.89 bits per heavy atom. The largest absolute Gasteiger partial charge is 0.353 e. The monoisotopic (exact) mass is 384 g/mol. The highest BCUT2D eigenvalue weighted by molar-refractivity contribution is 5.24. The highest BCUT2D eigenvalue weighted by atomic mass is 16.1. The number of nitrogens with one attached hydrogen (secondary N) is 1. The van der Waals surface area contributed by atoms with Gasteiger partial charge in [0.05, 0.1) is 12.2 Å². The topological polar surface area (TPSA) is 75.9 Å². The fourth-order valence-electron chi connectivity index (χ4n) is 3.51. The summed E-state index contributed by atoms with van der Waals surface area (Å²) in [5.41, 5.74) is 1.90. The lowest BCUT2D eigenvalue weighted by Crippen LogP contribution is -2.46. The van der Waals surface area contributed by atoms with Crippen LogP contribution in [0.1, 0.15) is 51.3 Å². The van der Waals surface area contributed by atoms with E-state index in [0.717, 1.165) is 37.3 Å². The van der Waals surface area contributed by atoms with Crippen LogP contribution in [0.5, 0.6) is 0 Å². The third-order valence-corrected chi connectivity index (χ3v) is 5.26. The predicted octanol–water partition coefficient (Wildman–Crippen LogP) is 2.61. The zero-order valence-corrected chi connectivity index (χ0v) is 17.5. The summed E-state index contributed by atoms with van der Waals surface area (Å²) >= 11 is 0. The predicted molar refractivity (Wildman–Crippen MR) is 112 cm³/mol. The highest BCUT2D eigenvalue weighted by Crippen LogP contribution is 2.19. The first-order valence-corrected chi connectivity index (χ1v) is 10.2. The van der Waals surface area contributed by atoms with Gasteiger partial charge in [-0.2, -0.15) is 5.10 Å². The maximum absolute atomic E-state index is 12.2. The Labute approximate surface area is 167 Å². The van der Waals surface area contributed by atoms with Crippen LogP contribution >= 0.6 is 0 Å². The number of hydrogen-bond acceptors (Lipinski definition) is 6. The quantitative estimate of drug-likeness (QED) is 0.825. The molecule has 7 heteroatoms.